The zero-order valence-corrected chi connectivity index (χ0v) is 7.60. The summed E-state index contributed by atoms with van der Waals surface area (Å²) < 4.78 is 1.90. The van der Waals surface area contributed by atoms with Gasteiger partial charge in [-0.05, 0) is 6.92 Å². The van der Waals surface area contributed by atoms with E-state index in [4.69, 9.17) is 11.5 Å². The van der Waals surface area contributed by atoms with Crippen molar-refractivity contribution in [3.8, 4) is 0 Å². The lowest BCUT2D eigenvalue weighted by Crippen LogP contribution is -2.20. The first-order valence-electron chi connectivity index (χ1n) is 4.19. The average Bonchev–Trinajstić information content (AvgIpc) is 2.50. The number of primary amides is 1. The minimum Gasteiger partial charge on any atom is -0.370 e. The molecule has 0 aromatic carbocycles. The lowest BCUT2D eigenvalue weighted by Gasteiger charge is -2.04. The second kappa shape index (κ2) is 4.04. The maximum absolute atomic E-state index is 10.6. The Kier molecular flexibility index (Phi) is 3.02. The second-order valence-electron chi connectivity index (χ2n) is 2.91. The summed E-state index contributed by atoms with van der Waals surface area (Å²) in [5.74, 6) is -0.404. The van der Waals surface area contributed by atoms with Crippen molar-refractivity contribution < 1.29 is 4.79 Å². The van der Waals surface area contributed by atoms with Crippen LogP contribution in [0.3, 0.4) is 0 Å². The van der Waals surface area contributed by atoms with Crippen molar-refractivity contribution in [3.05, 3.63) is 18.2 Å². The van der Waals surface area contributed by atoms with E-state index in [2.05, 4.69) is 4.98 Å². The zero-order valence-electron chi connectivity index (χ0n) is 7.60. The van der Waals surface area contributed by atoms with E-state index in [9.17, 15) is 4.79 Å². The summed E-state index contributed by atoms with van der Waals surface area (Å²) in [6, 6.07) is -0.384. The highest BCUT2D eigenvalue weighted by atomic mass is 16.1. The molecule has 0 spiro atoms. The minimum absolute atomic E-state index is 0.140. The molecule has 5 nitrogen and oxygen atoms in total. The summed E-state index contributed by atoms with van der Waals surface area (Å²) in [7, 11) is 0. The van der Waals surface area contributed by atoms with Crippen molar-refractivity contribution >= 4 is 5.91 Å². The number of carbonyl (C=O) groups excluding carboxylic acids is 1. The average molecular weight is 182 g/mol. The van der Waals surface area contributed by atoms with Gasteiger partial charge in [0, 0.05) is 19.2 Å². The molecular weight excluding hydrogens is 168 g/mol. The molecule has 1 amide bonds. The predicted molar refractivity (Wildman–Crippen MR) is 48.6 cm³/mol. The van der Waals surface area contributed by atoms with Crippen LogP contribution in [0, 0.1) is 0 Å². The molecule has 13 heavy (non-hydrogen) atoms. The quantitative estimate of drug-likeness (QED) is 0.674. The van der Waals surface area contributed by atoms with Crippen LogP contribution in [0.5, 0.6) is 0 Å². The molecule has 72 valence electrons. The van der Waals surface area contributed by atoms with Gasteiger partial charge in [-0.15, -0.1) is 0 Å². The van der Waals surface area contributed by atoms with Crippen LogP contribution in [0.2, 0.25) is 0 Å². The summed E-state index contributed by atoms with van der Waals surface area (Å²) >= 11 is 0. The number of amides is 1. The Morgan fingerprint density at radius 3 is 2.92 bits per heavy atom. The first-order valence-corrected chi connectivity index (χ1v) is 4.19. The first-order chi connectivity index (χ1) is 6.13. The Labute approximate surface area is 76.7 Å². The number of carbonyl (C=O) groups is 1. The Bertz CT molecular complexity index is 294. The van der Waals surface area contributed by atoms with Gasteiger partial charge in [-0.25, -0.2) is 4.98 Å². The Hall–Kier alpha value is -1.36. The SMILES string of the molecule is CCn1cnc([C@H](N)CC(N)=O)c1. The normalized spacial score (nSPS) is 12.8. The standard InChI is InChI=1S/C8H14N4O/c1-2-12-4-7(11-5-12)6(9)3-8(10)13/h4-6H,2-3,9H2,1H3,(H2,10,13)/t6-/m1/s1. The van der Waals surface area contributed by atoms with Crippen molar-refractivity contribution in [2.45, 2.75) is 25.9 Å². The van der Waals surface area contributed by atoms with Crippen LogP contribution in [0.4, 0.5) is 0 Å². The highest BCUT2D eigenvalue weighted by Gasteiger charge is 2.11. The second-order valence-corrected chi connectivity index (χ2v) is 2.91. The third-order valence-electron chi connectivity index (χ3n) is 1.82. The smallest absolute Gasteiger partial charge is 0.219 e. The van der Waals surface area contributed by atoms with Gasteiger partial charge >= 0.3 is 0 Å². The summed E-state index contributed by atoms with van der Waals surface area (Å²) in [6.45, 7) is 2.85. The highest BCUT2D eigenvalue weighted by molar-refractivity contribution is 5.74. The molecule has 5 heteroatoms. The molecule has 0 aliphatic rings. The van der Waals surface area contributed by atoms with Gasteiger partial charge < -0.3 is 16.0 Å². The van der Waals surface area contributed by atoms with E-state index in [0.29, 0.717) is 5.69 Å². The molecule has 0 aliphatic heterocycles. The van der Waals surface area contributed by atoms with E-state index in [-0.39, 0.29) is 12.5 Å². The third kappa shape index (κ3) is 2.55. The molecule has 1 heterocycles. The molecule has 0 aliphatic carbocycles. The molecule has 0 radical (unpaired) electrons. The van der Waals surface area contributed by atoms with Crippen LogP contribution in [-0.2, 0) is 11.3 Å². The third-order valence-corrected chi connectivity index (χ3v) is 1.82. The first kappa shape index (κ1) is 9.73. The molecule has 1 atom stereocenters. The highest BCUT2D eigenvalue weighted by Crippen LogP contribution is 2.10. The van der Waals surface area contributed by atoms with Gasteiger partial charge in [0.1, 0.15) is 0 Å². The van der Waals surface area contributed by atoms with E-state index >= 15 is 0 Å². The van der Waals surface area contributed by atoms with Crippen LogP contribution >= 0.6 is 0 Å². The van der Waals surface area contributed by atoms with Crippen LogP contribution in [0.15, 0.2) is 12.5 Å². The van der Waals surface area contributed by atoms with Gasteiger partial charge in [-0.3, -0.25) is 4.79 Å². The Balaban J connectivity index is 2.65. The van der Waals surface area contributed by atoms with E-state index < -0.39 is 5.91 Å². The van der Waals surface area contributed by atoms with E-state index in [1.165, 1.54) is 0 Å². The summed E-state index contributed by atoms with van der Waals surface area (Å²) in [6.07, 6.45) is 3.66. The molecule has 0 unspecified atom stereocenters. The molecule has 0 bridgehead atoms. The lowest BCUT2D eigenvalue weighted by molar-refractivity contribution is -0.118. The molecule has 1 aromatic heterocycles. The molecule has 0 saturated heterocycles. The topological polar surface area (TPSA) is 86.9 Å². The van der Waals surface area contributed by atoms with Crippen molar-refractivity contribution in [3.63, 3.8) is 0 Å². The lowest BCUT2D eigenvalue weighted by atomic mass is 10.1. The summed E-state index contributed by atoms with van der Waals surface area (Å²) in [5.41, 5.74) is 11.4. The molecule has 1 rings (SSSR count). The van der Waals surface area contributed by atoms with Gasteiger partial charge in [0.25, 0.3) is 0 Å². The van der Waals surface area contributed by atoms with Crippen molar-refractivity contribution in [1.29, 1.82) is 0 Å². The van der Waals surface area contributed by atoms with Gasteiger partial charge in [-0.1, -0.05) is 0 Å². The van der Waals surface area contributed by atoms with Crippen LogP contribution < -0.4 is 11.5 Å². The fourth-order valence-corrected chi connectivity index (χ4v) is 1.06. The number of nitrogens with two attached hydrogens (primary N) is 2. The van der Waals surface area contributed by atoms with Crippen molar-refractivity contribution in [1.82, 2.24) is 9.55 Å². The number of hydrogen-bond donors (Lipinski definition) is 2. The maximum Gasteiger partial charge on any atom is 0.219 e. The number of rotatable bonds is 4. The van der Waals surface area contributed by atoms with Gasteiger partial charge in [-0.2, -0.15) is 0 Å². The number of imidazole rings is 1. The van der Waals surface area contributed by atoms with Gasteiger partial charge in [0.15, 0.2) is 0 Å². The van der Waals surface area contributed by atoms with E-state index in [1.807, 2.05) is 17.7 Å². The molecule has 0 fully saturated rings. The van der Waals surface area contributed by atoms with Gasteiger partial charge in [0.2, 0.25) is 5.91 Å². The summed E-state index contributed by atoms with van der Waals surface area (Å²) in [4.78, 5) is 14.6. The molecule has 4 N–H and O–H groups in total. The van der Waals surface area contributed by atoms with Gasteiger partial charge in [0.05, 0.1) is 18.1 Å². The van der Waals surface area contributed by atoms with E-state index in [1.54, 1.807) is 6.33 Å². The Morgan fingerprint density at radius 2 is 2.46 bits per heavy atom. The minimum atomic E-state index is -0.404. The largest absolute Gasteiger partial charge is 0.370 e. The van der Waals surface area contributed by atoms with Crippen LogP contribution in [0.1, 0.15) is 25.1 Å². The predicted octanol–water partition coefficient (Wildman–Crippen LogP) is -0.222. The number of hydrogen-bond acceptors (Lipinski definition) is 3. The van der Waals surface area contributed by atoms with Crippen LogP contribution in [0.25, 0.3) is 0 Å². The number of aryl methyl sites for hydroxylation is 1. The molecule has 0 saturated carbocycles. The maximum atomic E-state index is 10.6. The fourth-order valence-electron chi connectivity index (χ4n) is 1.06. The number of aromatic nitrogens is 2. The van der Waals surface area contributed by atoms with E-state index in [0.717, 1.165) is 6.54 Å². The zero-order chi connectivity index (χ0) is 9.84. The Morgan fingerprint density at radius 1 is 1.77 bits per heavy atom. The van der Waals surface area contributed by atoms with Crippen molar-refractivity contribution in [2.24, 2.45) is 11.5 Å². The summed E-state index contributed by atoms with van der Waals surface area (Å²) in [5, 5.41) is 0. The fraction of sp³-hybridized carbons (Fsp3) is 0.500. The van der Waals surface area contributed by atoms with Crippen molar-refractivity contribution in [2.75, 3.05) is 0 Å². The monoisotopic (exact) mass is 182 g/mol. The molecular formula is C8H14N4O. The molecule has 1 aromatic rings. The van der Waals surface area contributed by atoms with Crippen LogP contribution in [-0.4, -0.2) is 15.5 Å². The number of nitrogens with zero attached hydrogens (tertiary/aromatic N) is 2.